The Labute approximate surface area is 80.1 Å². The summed E-state index contributed by atoms with van der Waals surface area (Å²) in [4.78, 5) is 10.2. The molecule has 0 bridgehead atoms. The predicted octanol–water partition coefficient (Wildman–Crippen LogP) is -1.76. The number of carbonyl (C=O) groups is 1. The number of carboxylic acids is 1. The first-order chi connectivity index (χ1) is 6.02. The fourth-order valence-electron chi connectivity index (χ4n) is 0.667. The highest BCUT2D eigenvalue weighted by Crippen LogP contribution is 2.16. The van der Waals surface area contributed by atoms with Crippen LogP contribution in [0.1, 0.15) is 0 Å². The summed E-state index contributed by atoms with van der Waals surface area (Å²) < 4.78 is 0.676. The van der Waals surface area contributed by atoms with E-state index in [9.17, 15) is 4.79 Å². The van der Waals surface area contributed by atoms with Crippen LogP contribution in [0.3, 0.4) is 0 Å². The Morgan fingerprint density at radius 1 is 1.23 bits per heavy atom. The average Bonchev–Trinajstić information content (AvgIpc) is 2.07. The van der Waals surface area contributed by atoms with Crippen molar-refractivity contribution in [1.29, 1.82) is 0 Å². The van der Waals surface area contributed by atoms with Gasteiger partial charge in [0.15, 0.2) is 0 Å². The molecular formula is C6H12ClNO5. The largest absolute Gasteiger partial charge is 0.480 e. The summed E-state index contributed by atoms with van der Waals surface area (Å²) in [5.41, 5.74) is -1.50. The van der Waals surface area contributed by atoms with Crippen molar-refractivity contribution < 1.29 is 25.2 Å². The van der Waals surface area contributed by atoms with Gasteiger partial charge in [-0.2, -0.15) is 4.42 Å². The highest BCUT2D eigenvalue weighted by molar-refractivity contribution is 6.14. The van der Waals surface area contributed by atoms with Gasteiger partial charge in [0.1, 0.15) is 12.1 Å². The number of hydrogen-bond acceptors (Lipinski definition) is 5. The number of carboxylic acid groups (broad SMARTS) is 1. The number of nitrogens with zero attached hydrogens (tertiary/aromatic N) is 1. The van der Waals surface area contributed by atoms with Crippen LogP contribution in [-0.4, -0.2) is 62.7 Å². The molecule has 6 nitrogen and oxygen atoms in total. The Bertz CT molecular complexity index is 164. The molecular weight excluding hydrogens is 202 g/mol. The van der Waals surface area contributed by atoms with Crippen molar-refractivity contribution in [3.63, 3.8) is 0 Å². The molecule has 0 aliphatic carbocycles. The number of aliphatic carboxylic acids is 1. The minimum atomic E-state index is -1.50. The fourth-order valence-corrected chi connectivity index (χ4v) is 0.929. The van der Waals surface area contributed by atoms with E-state index in [1.165, 1.54) is 0 Å². The number of aliphatic hydroxyl groups excluding tert-OH is 3. The van der Waals surface area contributed by atoms with Crippen LogP contribution in [0.15, 0.2) is 0 Å². The van der Waals surface area contributed by atoms with Crippen molar-refractivity contribution in [2.75, 3.05) is 26.4 Å². The molecule has 4 N–H and O–H groups in total. The molecule has 7 heteroatoms. The Morgan fingerprint density at radius 2 is 1.62 bits per heavy atom. The fraction of sp³-hybridized carbons (Fsp3) is 0.833. The number of hydrogen-bond donors (Lipinski definition) is 4. The molecule has 0 rings (SSSR count). The van der Waals surface area contributed by atoms with E-state index in [-0.39, 0.29) is 0 Å². The van der Waals surface area contributed by atoms with E-state index in [2.05, 4.69) is 0 Å². The molecule has 0 amide bonds. The molecule has 13 heavy (non-hydrogen) atoms. The van der Waals surface area contributed by atoms with Gasteiger partial charge < -0.3 is 20.4 Å². The van der Waals surface area contributed by atoms with Gasteiger partial charge in [0, 0.05) is 0 Å². The van der Waals surface area contributed by atoms with E-state index >= 15 is 0 Å². The number of rotatable bonds is 6. The second-order valence-corrected chi connectivity index (χ2v) is 3.02. The summed E-state index contributed by atoms with van der Waals surface area (Å²) in [6.45, 7) is -2.46. The highest BCUT2D eigenvalue weighted by atomic mass is 35.5. The Balaban J connectivity index is 4.43. The maximum Gasteiger partial charge on any atom is 0.319 e. The average molecular weight is 214 g/mol. The maximum absolute atomic E-state index is 10.2. The normalized spacial score (nSPS) is 12.1. The van der Waals surface area contributed by atoms with Crippen molar-refractivity contribution in [2.45, 2.75) is 5.54 Å². The molecule has 0 aliphatic heterocycles. The molecule has 0 atom stereocenters. The molecule has 0 saturated carbocycles. The van der Waals surface area contributed by atoms with Gasteiger partial charge in [-0.15, -0.1) is 0 Å². The van der Waals surface area contributed by atoms with Gasteiger partial charge in [0.25, 0.3) is 0 Å². The molecule has 0 unspecified atom stereocenters. The van der Waals surface area contributed by atoms with Crippen LogP contribution in [0.4, 0.5) is 0 Å². The van der Waals surface area contributed by atoms with Crippen LogP contribution in [0.5, 0.6) is 0 Å². The smallest absolute Gasteiger partial charge is 0.319 e. The predicted molar refractivity (Wildman–Crippen MR) is 44.2 cm³/mol. The van der Waals surface area contributed by atoms with Gasteiger partial charge in [0.2, 0.25) is 0 Å². The zero-order chi connectivity index (χ0) is 10.5. The van der Waals surface area contributed by atoms with Crippen LogP contribution in [0.25, 0.3) is 0 Å². The Hall–Kier alpha value is -0.400. The summed E-state index contributed by atoms with van der Waals surface area (Å²) in [5, 5.41) is 34.8. The molecule has 0 aromatic rings. The van der Waals surface area contributed by atoms with Gasteiger partial charge in [0.05, 0.1) is 19.8 Å². The van der Waals surface area contributed by atoms with Crippen LogP contribution in [0.2, 0.25) is 0 Å². The van der Waals surface area contributed by atoms with Gasteiger partial charge >= 0.3 is 5.97 Å². The minimum Gasteiger partial charge on any atom is -0.480 e. The molecule has 0 fully saturated rings. The Kier molecular flexibility index (Phi) is 5.19. The van der Waals surface area contributed by atoms with Crippen molar-refractivity contribution in [3.8, 4) is 0 Å². The van der Waals surface area contributed by atoms with Gasteiger partial charge in [-0.25, -0.2) is 0 Å². The quantitative estimate of drug-likeness (QED) is 0.390. The van der Waals surface area contributed by atoms with Crippen LogP contribution in [0, 0.1) is 0 Å². The zero-order valence-electron chi connectivity index (χ0n) is 6.85. The molecule has 0 spiro atoms. The number of aliphatic hydroxyl groups is 3. The maximum atomic E-state index is 10.2. The summed E-state index contributed by atoms with van der Waals surface area (Å²) in [6, 6.07) is 0. The SMILES string of the molecule is O=C(O)CN(Cl)C(CO)(CO)CO. The van der Waals surface area contributed by atoms with E-state index in [1.54, 1.807) is 0 Å². The first-order valence-electron chi connectivity index (χ1n) is 3.50. The first-order valence-corrected chi connectivity index (χ1v) is 3.84. The lowest BCUT2D eigenvalue weighted by Crippen LogP contribution is -2.54. The van der Waals surface area contributed by atoms with Gasteiger partial charge in [-0.05, 0) is 11.8 Å². The number of halogens is 1. The summed E-state index contributed by atoms with van der Waals surface area (Å²) >= 11 is 5.47. The van der Waals surface area contributed by atoms with E-state index in [0.717, 1.165) is 0 Å². The standard InChI is InChI=1S/C6H12ClNO5/c7-8(1-5(12)13)6(2-9,3-10)4-11/h9-11H,1-4H2,(H,12,13). The summed E-state index contributed by atoms with van der Waals surface area (Å²) in [7, 11) is 0. The minimum absolute atomic E-state index is 0.580. The monoisotopic (exact) mass is 213 g/mol. The van der Waals surface area contributed by atoms with Crippen molar-refractivity contribution in [3.05, 3.63) is 0 Å². The van der Waals surface area contributed by atoms with Gasteiger partial charge in [-0.1, -0.05) is 0 Å². The van der Waals surface area contributed by atoms with E-state index in [0.29, 0.717) is 4.42 Å². The van der Waals surface area contributed by atoms with Crippen molar-refractivity contribution in [1.82, 2.24) is 4.42 Å². The lowest BCUT2D eigenvalue weighted by molar-refractivity contribution is -0.139. The second-order valence-electron chi connectivity index (χ2n) is 2.61. The van der Waals surface area contributed by atoms with Crippen molar-refractivity contribution >= 4 is 17.7 Å². The molecule has 0 heterocycles. The molecule has 0 radical (unpaired) electrons. The molecule has 0 aromatic carbocycles. The third-order valence-electron chi connectivity index (χ3n) is 1.67. The summed E-state index contributed by atoms with van der Waals surface area (Å²) in [6.07, 6.45) is 0. The highest BCUT2D eigenvalue weighted by Gasteiger charge is 2.35. The third-order valence-corrected chi connectivity index (χ3v) is 2.15. The lowest BCUT2D eigenvalue weighted by atomic mass is 10.0. The van der Waals surface area contributed by atoms with Crippen LogP contribution in [-0.2, 0) is 4.79 Å². The van der Waals surface area contributed by atoms with E-state index in [1.807, 2.05) is 0 Å². The molecule has 0 saturated heterocycles. The molecule has 78 valence electrons. The molecule has 0 aliphatic rings. The first kappa shape index (κ1) is 12.6. The third kappa shape index (κ3) is 3.09. The second kappa shape index (κ2) is 5.36. The summed E-state index contributed by atoms with van der Waals surface area (Å²) in [5.74, 6) is -1.21. The Morgan fingerprint density at radius 3 is 1.85 bits per heavy atom. The van der Waals surface area contributed by atoms with Crippen LogP contribution >= 0.6 is 11.8 Å². The van der Waals surface area contributed by atoms with Crippen LogP contribution < -0.4 is 0 Å². The molecule has 0 aromatic heterocycles. The van der Waals surface area contributed by atoms with Gasteiger partial charge in [-0.3, -0.25) is 4.79 Å². The van der Waals surface area contributed by atoms with Crippen molar-refractivity contribution in [2.24, 2.45) is 0 Å². The zero-order valence-corrected chi connectivity index (χ0v) is 7.61. The van der Waals surface area contributed by atoms with E-state index in [4.69, 9.17) is 32.2 Å². The van der Waals surface area contributed by atoms with E-state index < -0.39 is 37.9 Å². The lowest BCUT2D eigenvalue weighted by Gasteiger charge is -2.33. The topological polar surface area (TPSA) is 101 Å².